The number of aryl methyl sites for hydroxylation is 3. The number of nitrogens with one attached hydrogen (secondary N) is 2. The quantitative estimate of drug-likeness (QED) is 0.171. The molecule has 0 bridgehead atoms. The van der Waals surface area contributed by atoms with Gasteiger partial charge in [-0.2, -0.15) is 0 Å². The topological polar surface area (TPSA) is 40.2 Å². The summed E-state index contributed by atoms with van der Waals surface area (Å²) in [4.78, 5) is 6.53. The summed E-state index contributed by atoms with van der Waals surface area (Å²) >= 11 is 0. The summed E-state index contributed by atoms with van der Waals surface area (Å²) in [6, 6.07) is 13.7. The highest BCUT2D eigenvalue weighted by Gasteiger charge is 2.28. The van der Waals surface area contributed by atoms with E-state index in [9.17, 15) is 8.78 Å². The van der Waals surface area contributed by atoms with Gasteiger partial charge < -0.3 is 10.6 Å². The molecule has 2 N–H and O–H groups in total. The number of hydrogen-bond acceptors (Lipinski definition) is 4. The summed E-state index contributed by atoms with van der Waals surface area (Å²) in [5.41, 5.74) is 7.98. The van der Waals surface area contributed by atoms with Crippen LogP contribution in [0.15, 0.2) is 61.8 Å². The van der Waals surface area contributed by atoms with Gasteiger partial charge in [0.05, 0.1) is 0 Å². The Morgan fingerprint density at radius 3 is 2.27 bits per heavy atom. The Labute approximate surface area is 265 Å². The lowest BCUT2D eigenvalue weighted by Gasteiger charge is -2.25. The first-order chi connectivity index (χ1) is 21.0. The molecule has 0 amide bonds. The van der Waals surface area contributed by atoms with E-state index in [0.29, 0.717) is 23.5 Å². The summed E-state index contributed by atoms with van der Waals surface area (Å²) in [5, 5.41) is 6.26. The smallest absolute Gasteiger partial charge is 0.270 e. The van der Waals surface area contributed by atoms with Crippen molar-refractivity contribution in [3.8, 4) is 0 Å². The van der Waals surface area contributed by atoms with Crippen LogP contribution in [0.2, 0.25) is 0 Å². The third-order valence-corrected chi connectivity index (χ3v) is 7.69. The number of pyridine rings is 1. The maximum absolute atomic E-state index is 14.5. The van der Waals surface area contributed by atoms with Crippen molar-refractivity contribution in [3.63, 3.8) is 0 Å². The molecule has 0 aliphatic rings. The van der Waals surface area contributed by atoms with Crippen LogP contribution in [0.3, 0.4) is 0 Å². The first kappa shape index (κ1) is 36.7. The van der Waals surface area contributed by atoms with Crippen LogP contribution in [0.25, 0.3) is 11.8 Å². The first-order valence-corrected chi connectivity index (χ1v) is 16.1. The lowest BCUT2D eigenvalue weighted by Crippen LogP contribution is -2.27. The average molecular weight is 605 g/mol. The van der Waals surface area contributed by atoms with Crippen molar-refractivity contribution < 1.29 is 8.78 Å². The average Bonchev–Trinajstić information content (AvgIpc) is 3.01. The first-order valence-electron chi connectivity index (χ1n) is 16.1. The highest BCUT2D eigenvalue weighted by molar-refractivity contribution is 5.76. The van der Waals surface area contributed by atoms with Gasteiger partial charge in [-0.3, -0.25) is 4.90 Å². The fourth-order valence-electron chi connectivity index (χ4n) is 5.17. The minimum absolute atomic E-state index is 0.0855. The van der Waals surface area contributed by atoms with E-state index in [1.165, 1.54) is 16.7 Å². The van der Waals surface area contributed by atoms with E-state index < -0.39 is 5.92 Å². The largest absolute Gasteiger partial charge is 0.373 e. The number of anilines is 2. The number of alkyl halides is 2. The van der Waals surface area contributed by atoms with Gasteiger partial charge in [-0.1, -0.05) is 78.0 Å². The Balaban J connectivity index is 0.000000469. The third-order valence-electron chi connectivity index (χ3n) is 7.69. The molecule has 44 heavy (non-hydrogen) atoms. The normalized spacial score (nSPS) is 11.1. The minimum Gasteiger partial charge on any atom is -0.373 e. The molecule has 240 valence electrons. The van der Waals surface area contributed by atoms with Crippen LogP contribution >= 0.6 is 0 Å². The summed E-state index contributed by atoms with van der Waals surface area (Å²) < 4.78 is 29.1. The molecule has 0 saturated carbocycles. The van der Waals surface area contributed by atoms with Crippen molar-refractivity contribution >= 4 is 23.3 Å². The van der Waals surface area contributed by atoms with E-state index in [4.69, 9.17) is 0 Å². The molecule has 3 aromatic rings. The van der Waals surface area contributed by atoms with Gasteiger partial charge in [-0.15, -0.1) is 0 Å². The van der Waals surface area contributed by atoms with Crippen LogP contribution in [-0.4, -0.2) is 30.0 Å². The number of unbranched alkanes of at least 4 members (excludes halogenated alkanes) is 1. The van der Waals surface area contributed by atoms with Crippen molar-refractivity contribution in [2.75, 3.05) is 30.8 Å². The Bertz CT molecular complexity index is 1340. The van der Waals surface area contributed by atoms with Crippen molar-refractivity contribution in [1.29, 1.82) is 0 Å². The Morgan fingerprint density at radius 2 is 1.70 bits per heavy atom. The number of hydrogen-bond donors (Lipinski definition) is 2. The molecule has 2 aromatic carbocycles. The van der Waals surface area contributed by atoms with Gasteiger partial charge in [0, 0.05) is 49.2 Å². The van der Waals surface area contributed by atoms with E-state index in [2.05, 4.69) is 86.5 Å². The second-order valence-corrected chi connectivity index (χ2v) is 11.5. The molecular formula is C38H54F2N4. The molecule has 3 rings (SSSR count). The van der Waals surface area contributed by atoms with Crippen molar-refractivity contribution in [2.24, 2.45) is 0 Å². The van der Waals surface area contributed by atoms with Crippen LogP contribution in [-0.2, 0) is 25.3 Å². The number of benzene rings is 2. The van der Waals surface area contributed by atoms with Gasteiger partial charge in [0.25, 0.3) is 5.92 Å². The predicted octanol–water partition coefficient (Wildman–Crippen LogP) is 10.5. The molecule has 0 aliphatic heterocycles. The molecular weight excluding hydrogens is 550 g/mol. The molecule has 0 fully saturated rings. The van der Waals surface area contributed by atoms with Crippen LogP contribution < -0.4 is 10.6 Å². The highest BCUT2D eigenvalue weighted by atomic mass is 19.3. The van der Waals surface area contributed by atoms with E-state index >= 15 is 0 Å². The molecule has 0 radical (unpaired) electrons. The van der Waals surface area contributed by atoms with E-state index in [-0.39, 0.29) is 5.56 Å². The maximum Gasteiger partial charge on any atom is 0.270 e. The summed E-state index contributed by atoms with van der Waals surface area (Å²) in [5.74, 6) is -2.02. The molecule has 0 spiro atoms. The van der Waals surface area contributed by atoms with Crippen LogP contribution in [0, 0.1) is 6.92 Å². The summed E-state index contributed by atoms with van der Waals surface area (Å²) in [7, 11) is 1.86. The van der Waals surface area contributed by atoms with Crippen molar-refractivity contribution in [1.82, 2.24) is 9.88 Å². The predicted molar refractivity (Wildman–Crippen MR) is 188 cm³/mol. The van der Waals surface area contributed by atoms with Crippen LogP contribution in [0.1, 0.15) is 99.2 Å². The number of aromatic nitrogens is 1. The second kappa shape index (κ2) is 18.3. The Hall–Kier alpha value is -3.51. The molecule has 4 nitrogen and oxygen atoms in total. The van der Waals surface area contributed by atoms with Crippen molar-refractivity contribution in [2.45, 2.75) is 92.5 Å². The zero-order chi connectivity index (χ0) is 32.7. The van der Waals surface area contributed by atoms with Gasteiger partial charge >= 0.3 is 0 Å². The van der Waals surface area contributed by atoms with Crippen molar-refractivity contribution in [3.05, 3.63) is 101 Å². The molecule has 0 unspecified atom stereocenters. The standard InChI is InChI=1S/C28H40F2N2.C10H14N2/c1-7-10-17-32(16-9-3)20-25-14-15-26(19-27(25)28(6,29)30)31-22(5)24-13-12-23(11-8-2)21(4)18-24;1-4-8-6-9(5-2)10(11-3)12-7-8/h12-15,18-19,31H,5,7-11,16-17,20H2,1-4,6H3;5-7H,2,4H2,1,3H3,(H,11,12). The second-order valence-electron chi connectivity index (χ2n) is 11.5. The SMILES string of the molecule is C=C(Nc1ccc(CN(CCC)CCCC)c(C(C)(F)F)c1)c1ccc(CCC)c(C)c1.C=Cc1cc(CC)cnc1NC. The third kappa shape index (κ3) is 11.2. The van der Waals surface area contributed by atoms with Gasteiger partial charge in [-0.25, -0.2) is 13.8 Å². The molecule has 1 aromatic heterocycles. The molecule has 0 saturated heterocycles. The van der Waals surface area contributed by atoms with Gasteiger partial charge in [0.2, 0.25) is 0 Å². The maximum atomic E-state index is 14.5. The fraction of sp³-hybridized carbons (Fsp3) is 0.447. The Kier molecular flexibility index (Phi) is 15.3. The lowest BCUT2D eigenvalue weighted by molar-refractivity contribution is 0.0159. The number of rotatable bonds is 16. The fourth-order valence-corrected chi connectivity index (χ4v) is 5.17. The lowest BCUT2D eigenvalue weighted by atomic mass is 9.99. The molecule has 0 aliphatic carbocycles. The molecule has 1 heterocycles. The number of nitrogens with zero attached hydrogens (tertiary/aromatic N) is 2. The van der Waals surface area contributed by atoms with E-state index in [1.54, 1.807) is 6.07 Å². The van der Waals surface area contributed by atoms with Gasteiger partial charge in [-0.05, 0) is 97.8 Å². The zero-order valence-electron chi connectivity index (χ0n) is 28.1. The van der Waals surface area contributed by atoms with E-state index in [0.717, 1.165) is 75.5 Å². The summed E-state index contributed by atoms with van der Waals surface area (Å²) in [6.45, 7) is 21.9. The van der Waals surface area contributed by atoms with Crippen LogP contribution in [0.4, 0.5) is 20.3 Å². The molecule has 0 atom stereocenters. The minimum atomic E-state index is -2.91. The monoisotopic (exact) mass is 604 g/mol. The Morgan fingerprint density at radius 1 is 0.977 bits per heavy atom. The highest BCUT2D eigenvalue weighted by Crippen LogP contribution is 2.34. The van der Waals surface area contributed by atoms with Gasteiger partial charge in [0.1, 0.15) is 5.82 Å². The van der Waals surface area contributed by atoms with Gasteiger partial charge in [0.15, 0.2) is 0 Å². The summed E-state index contributed by atoms with van der Waals surface area (Å²) in [6.07, 6.45) is 10.1. The zero-order valence-corrected chi connectivity index (χ0v) is 28.1. The van der Waals surface area contributed by atoms with Crippen LogP contribution in [0.5, 0.6) is 0 Å². The molecule has 6 heteroatoms. The van der Waals surface area contributed by atoms with E-state index in [1.807, 2.05) is 37.5 Å². The number of halogens is 2.